The van der Waals surface area contributed by atoms with E-state index in [0.29, 0.717) is 43.6 Å². The van der Waals surface area contributed by atoms with Crippen LogP contribution in [0.5, 0.6) is 0 Å². The van der Waals surface area contributed by atoms with E-state index in [0.717, 1.165) is 16.5 Å². The van der Waals surface area contributed by atoms with Crippen LogP contribution in [0.3, 0.4) is 0 Å². The average Bonchev–Trinajstić information content (AvgIpc) is 2.94. The van der Waals surface area contributed by atoms with Crippen molar-refractivity contribution < 1.29 is 4.55 Å². The Kier molecular flexibility index (Phi) is 6.18. The topological polar surface area (TPSA) is 94.6 Å². The number of nitrogens with zero attached hydrogens (tertiary/aromatic N) is 3. The summed E-state index contributed by atoms with van der Waals surface area (Å²) < 4.78 is 12.9. The van der Waals surface area contributed by atoms with Gasteiger partial charge in [0.05, 0.1) is 27.5 Å². The lowest BCUT2D eigenvalue weighted by Gasteiger charge is -2.13. The highest BCUT2D eigenvalue weighted by molar-refractivity contribution is 7.90. The van der Waals surface area contributed by atoms with Crippen molar-refractivity contribution in [2.24, 2.45) is 0 Å². The van der Waals surface area contributed by atoms with E-state index in [1.54, 1.807) is 24.4 Å². The third kappa shape index (κ3) is 4.60. The molecular formula is C29H19ClN4O2S. The molecule has 0 amide bonds. The van der Waals surface area contributed by atoms with Crippen molar-refractivity contribution in [3.8, 4) is 22.5 Å². The second kappa shape index (κ2) is 9.78. The molecule has 3 heterocycles. The van der Waals surface area contributed by atoms with Gasteiger partial charge in [-0.25, -0.2) is 9.97 Å². The average molecular weight is 523 g/mol. The van der Waals surface area contributed by atoms with Gasteiger partial charge in [0, 0.05) is 22.7 Å². The number of nitrogens with one attached hydrogen (secondary N) is 1. The monoisotopic (exact) mass is 522 g/mol. The molecule has 37 heavy (non-hydrogen) atoms. The molecule has 8 heteroatoms. The smallest absolute Gasteiger partial charge is 0.257 e. The molecule has 0 bridgehead atoms. The minimum atomic E-state index is -1.37. The van der Waals surface area contributed by atoms with E-state index in [1.807, 2.05) is 72.8 Å². The molecule has 0 aliphatic carbocycles. The number of rotatable bonds is 5. The van der Waals surface area contributed by atoms with Gasteiger partial charge in [0.2, 0.25) is 0 Å². The summed E-state index contributed by atoms with van der Waals surface area (Å²) in [5.74, 6) is 0.0697. The van der Waals surface area contributed by atoms with Crippen molar-refractivity contribution in [3.05, 3.63) is 118 Å². The molecule has 0 saturated carbocycles. The molecule has 6 rings (SSSR count). The van der Waals surface area contributed by atoms with Crippen LogP contribution in [0.4, 0.5) is 0 Å². The maximum Gasteiger partial charge on any atom is 0.257 e. The molecule has 3 aromatic carbocycles. The van der Waals surface area contributed by atoms with Gasteiger partial charge in [0.15, 0.2) is 10.5 Å². The first-order valence-corrected chi connectivity index (χ1v) is 13.2. The molecular weight excluding hydrogens is 504 g/mol. The molecule has 1 N–H and O–H groups in total. The molecule has 1 atom stereocenters. The number of halogens is 1. The Hall–Kier alpha value is -4.04. The van der Waals surface area contributed by atoms with E-state index in [2.05, 4.69) is 9.97 Å². The van der Waals surface area contributed by atoms with Crippen molar-refractivity contribution in [2.45, 2.75) is 10.6 Å². The zero-order valence-corrected chi connectivity index (χ0v) is 21.0. The Morgan fingerprint density at radius 1 is 0.838 bits per heavy atom. The molecule has 0 aliphatic rings. The summed E-state index contributed by atoms with van der Waals surface area (Å²) in [5.41, 5.74) is 4.46. The van der Waals surface area contributed by atoms with Crippen molar-refractivity contribution in [3.63, 3.8) is 0 Å². The molecule has 0 saturated heterocycles. The summed E-state index contributed by atoms with van der Waals surface area (Å²) >= 11 is 5.22. The van der Waals surface area contributed by atoms with Gasteiger partial charge in [0.25, 0.3) is 5.56 Å². The summed E-state index contributed by atoms with van der Waals surface area (Å²) in [4.78, 5) is 30.6. The van der Waals surface area contributed by atoms with Crippen molar-refractivity contribution in [1.29, 1.82) is 0 Å². The highest BCUT2D eigenvalue weighted by Gasteiger charge is 2.19. The molecule has 0 spiro atoms. The summed E-state index contributed by atoms with van der Waals surface area (Å²) in [5, 5.41) is 1.39. The molecule has 6 aromatic rings. The van der Waals surface area contributed by atoms with Gasteiger partial charge in [-0.15, -0.1) is 0 Å². The van der Waals surface area contributed by atoms with E-state index >= 15 is 0 Å². The fourth-order valence-electron chi connectivity index (χ4n) is 4.25. The van der Waals surface area contributed by atoms with Crippen molar-refractivity contribution in [2.75, 3.05) is 0 Å². The normalized spacial score (nSPS) is 12.2. The second-order valence-electron chi connectivity index (χ2n) is 8.48. The van der Waals surface area contributed by atoms with Crippen molar-refractivity contribution >= 4 is 44.8 Å². The Labute approximate surface area is 220 Å². The highest BCUT2D eigenvalue weighted by atomic mass is 35.5. The number of hydrogen-bond acceptors (Lipinski definition) is 5. The highest BCUT2D eigenvalue weighted by Crippen LogP contribution is 2.34. The first-order valence-electron chi connectivity index (χ1n) is 11.5. The lowest BCUT2D eigenvalue weighted by atomic mass is 10.0. The van der Waals surface area contributed by atoms with Crippen LogP contribution < -0.4 is 5.56 Å². The van der Waals surface area contributed by atoms with Crippen LogP contribution in [-0.4, -0.2) is 24.5 Å². The molecule has 6 nitrogen and oxygen atoms in total. The zero-order valence-electron chi connectivity index (χ0n) is 19.4. The van der Waals surface area contributed by atoms with Crippen molar-refractivity contribution in [1.82, 2.24) is 19.9 Å². The lowest BCUT2D eigenvalue weighted by Crippen LogP contribution is -2.18. The van der Waals surface area contributed by atoms with Gasteiger partial charge in [-0.05, 0) is 47.6 Å². The van der Waals surface area contributed by atoms with E-state index in [9.17, 15) is 9.35 Å². The predicted molar refractivity (Wildman–Crippen MR) is 148 cm³/mol. The van der Waals surface area contributed by atoms with Crippen LogP contribution in [0.1, 0.15) is 5.56 Å². The molecule has 3 aromatic heterocycles. The van der Waals surface area contributed by atoms with Crippen LogP contribution in [0.15, 0.2) is 107 Å². The quantitative estimate of drug-likeness (QED) is 0.273. The fourth-order valence-corrected chi connectivity index (χ4v) is 5.65. The summed E-state index contributed by atoms with van der Waals surface area (Å²) in [6.07, 6.45) is 1.70. The summed E-state index contributed by atoms with van der Waals surface area (Å²) in [7, 11) is 0. The largest absolute Gasteiger partial charge is 0.611 e. The van der Waals surface area contributed by atoms with Gasteiger partial charge in [-0.3, -0.25) is 9.78 Å². The van der Waals surface area contributed by atoms with Gasteiger partial charge in [-0.1, -0.05) is 66.2 Å². The first kappa shape index (κ1) is 23.4. The van der Waals surface area contributed by atoms with E-state index in [1.165, 1.54) is 0 Å². The number of hydrogen-bond donors (Lipinski definition) is 1. The minimum Gasteiger partial charge on any atom is -0.611 e. The minimum absolute atomic E-state index is 0.0697. The van der Waals surface area contributed by atoms with Crippen LogP contribution in [-0.2, 0) is 16.9 Å². The Morgan fingerprint density at radius 3 is 2.35 bits per heavy atom. The summed E-state index contributed by atoms with van der Waals surface area (Å²) in [6.45, 7) is 0. The van der Waals surface area contributed by atoms with E-state index < -0.39 is 11.2 Å². The molecule has 0 fully saturated rings. The Morgan fingerprint density at radius 2 is 1.57 bits per heavy atom. The third-order valence-electron chi connectivity index (χ3n) is 6.03. The number of aromatic amines is 1. The molecule has 0 aliphatic heterocycles. The maximum absolute atomic E-state index is 12.9. The Bertz CT molecular complexity index is 1810. The van der Waals surface area contributed by atoms with Gasteiger partial charge >= 0.3 is 0 Å². The van der Waals surface area contributed by atoms with Crippen LogP contribution in [0.2, 0.25) is 5.02 Å². The zero-order chi connectivity index (χ0) is 25.4. The molecule has 1 unspecified atom stereocenters. The number of benzene rings is 3. The number of H-pyrrole nitrogens is 1. The van der Waals surface area contributed by atoms with Gasteiger partial charge in [0.1, 0.15) is 11.3 Å². The SMILES string of the molecule is O=c1[nH]c2nc(-c3ccccc3)c(-c3cc(Cl)c4ncccc4c3)nc2cc1C[S+]([O-])c1ccccc1. The van der Waals surface area contributed by atoms with Gasteiger partial charge in [-0.2, -0.15) is 0 Å². The van der Waals surface area contributed by atoms with Crippen LogP contribution in [0, 0.1) is 0 Å². The van der Waals surface area contributed by atoms with E-state index in [-0.39, 0.29) is 11.3 Å². The van der Waals surface area contributed by atoms with Crippen LogP contribution in [0.25, 0.3) is 44.6 Å². The molecule has 0 radical (unpaired) electrons. The second-order valence-corrected chi connectivity index (χ2v) is 10.3. The first-order chi connectivity index (χ1) is 18.1. The Balaban J connectivity index is 1.53. The van der Waals surface area contributed by atoms with Gasteiger partial charge < -0.3 is 9.54 Å². The summed E-state index contributed by atoms with van der Waals surface area (Å²) in [6, 6.07) is 28.0. The van der Waals surface area contributed by atoms with E-state index in [4.69, 9.17) is 21.6 Å². The maximum atomic E-state index is 12.9. The third-order valence-corrected chi connectivity index (χ3v) is 7.69. The van der Waals surface area contributed by atoms with Crippen LogP contribution >= 0.6 is 11.6 Å². The number of pyridine rings is 2. The predicted octanol–water partition coefficient (Wildman–Crippen LogP) is 6.16. The lowest BCUT2D eigenvalue weighted by molar-refractivity contribution is 0.594. The molecule has 180 valence electrons. The number of fused-ring (bicyclic) bond motifs is 2. The fraction of sp³-hybridized carbons (Fsp3) is 0.0345. The standard InChI is InChI=1S/C29H19ClN4O2S/c30-23-15-20(14-19-10-7-13-31-25(19)23)27-26(18-8-3-1-4-9-18)33-28-24(32-27)16-21(29(35)34-28)17-37(36)22-11-5-2-6-12-22/h1-16H,17H2,(H,33,34,35). The number of aromatic nitrogens is 4.